The van der Waals surface area contributed by atoms with E-state index in [9.17, 15) is 9.59 Å². The van der Waals surface area contributed by atoms with Crippen LogP contribution in [0.5, 0.6) is 0 Å². The van der Waals surface area contributed by atoms with Gasteiger partial charge in [-0.25, -0.2) is 14.2 Å². The maximum absolute atomic E-state index is 13.1. The SMILES string of the molecule is Cc1cc2nc3s/c(=C\c4cccn4-c4ccc(C(=O)O)cc4)c(=O)n3c2cc1C. The number of hydrogen-bond donors (Lipinski definition) is 1. The van der Waals surface area contributed by atoms with Crippen LogP contribution in [0, 0.1) is 13.8 Å². The molecule has 0 aliphatic heterocycles. The molecule has 0 unspecified atom stereocenters. The summed E-state index contributed by atoms with van der Waals surface area (Å²) in [6.07, 6.45) is 3.73. The van der Waals surface area contributed by atoms with Crippen LogP contribution in [0.2, 0.25) is 0 Å². The molecule has 0 atom stereocenters. The quantitative estimate of drug-likeness (QED) is 0.489. The van der Waals surface area contributed by atoms with E-state index < -0.39 is 5.97 Å². The van der Waals surface area contributed by atoms with Crippen molar-refractivity contribution in [3.8, 4) is 5.69 Å². The van der Waals surface area contributed by atoms with Crippen LogP contribution in [-0.4, -0.2) is 25.0 Å². The number of hydrogen-bond acceptors (Lipinski definition) is 4. The third-order valence-corrected chi connectivity index (χ3v) is 6.27. The number of carboxylic acid groups (broad SMARTS) is 1. The Kier molecular flexibility index (Phi) is 4.08. The van der Waals surface area contributed by atoms with Gasteiger partial charge >= 0.3 is 5.97 Å². The highest BCUT2D eigenvalue weighted by molar-refractivity contribution is 7.15. The minimum absolute atomic E-state index is 0.0882. The Morgan fingerprint density at radius 2 is 1.83 bits per heavy atom. The zero-order valence-electron chi connectivity index (χ0n) is 16.3. The van der Waals surface area contributed by atoms with Gasteiger partial charge in [-0.05, 0) is 79.6 Å². The fraction of sp³-hybridized carbons (Fsp3) is 0.0870. The number of carbonyl (C=O) groups is 1. The monoisotopic (exact) mass is 415 g/mol. The van der Waals surface area contributed by atoms with Crippen molar-refractivity contribution in [2.45, 2.75) is 13.8 Å². The summed E-state index contributed by atoms with van der Waals surface area (Å²) in [5, 5.41) is 9.09. The van der Waals surface area contributed by atoms with E-state index in [0.717, 1.165) is 33.5 Å². The summed E-state index contributed by atoms with van der Waals surface area (Å²) >= 11 is 1.36. The molecule has 0 bridgehead atoms. The van der Waals surface area contributed by atoms with Crippen molar-refractivity contribution in [2.75, 3.05) is 0 Å². The Hall–Kier alpha value is -3.71. The smallest absolute Gasteiger partial charge is 0.335 e. The molecule has 0 fully saturated rings. The summed E-state index contributed by atoms with van der Waals surface area (Å²) in [6, 6.07) is 14.5. The number of nitrogens with zero attached hydrogens (tertiary/aromatic N) is 3. The molecule has 7 heteroatoms. The summed E-state index contributed by atoms with van der Waals surface area (Å²) in [6.45, 7) is 4.07. The number of benzene rings is 2. The van der Waals surface area contributed by atoms with Gasteiger partial charge in [-0.1, -0.05) is 11.3 Å². The highest BCUT2D eigenvalue weighted by atomic mass is 32.1. The number of carboxylic acids is 1. The van der Waals surface area contributed by atoms with Crippen molar-refractivity contribution in [1.82, 2.24) is 14.0 Å². The first-order valence-electron chi connectivity index (χ1n) is 9.37. The molecule has 0 spiro atoms. The number of aromatic nitrogens is 3. The van der Waals surface area contributed by atoms with Crippen LogP contribution < -0.4 is 10.1 Å². The van der Waals surface area contributed by atoms with E-state index in [1.54, 1.807) is 28.7 Å². The molecule has 3 aromatic heterocycles. The van der Waals surface area contributed by atoms with Crippen LogP contribution in [-0.2, 0) is 0 Å². The van der Waals surface area contributed by atoms with Crippen LogP contribution in [0.4, 0.5) is 0 Å². The molecule has 30 heavy (non-hydrogen) atoms. The van der Waals surface area contributed by atoms with Gasteiger partial charge in [0.2, 0.25) is 0 Å². The van der Waals surface area contributed by atoms with E-state index in [0.29, 0.717) is 9.49 Å². The van der Waals surface area contributed by atoms with E-state index in [4.69, 9.17) is 5.11 Å². The minimum Gasteiger partial charge on any atom is -0.478 e. The highest BCUT2D eigenvalue weighted by Crippen LogP contribution is 2.21. The molecule has 2 aromatic carbocycles. The summed E-state index contributed by atoms with van der Waals surface area (Å²) in [4.78, 5) is 29.5. The van der Waals surface area contributed by atoms with E-state index in [1.165, 1.54) is 11.3 Å². The third-order valence-electron chi connectivity index (χ3n) is 5.31. The molecule has 5 aromatic rings. The first-order valence-corrected chi connectivity index (χ1v) is 10.2. The van der Waals surface area contributed by atoms with Gasteiger partial charge in [0.25, 0.3) is 5.56 Å². The van der Waals surface area contributed by atoms with Gasteiger partial charge in [0.05, 0.1) is 21.1 Å². The third kappa shape index (κ3) is 2.83. The first kappa shape index (κ1) is 18.3. The molecule has 0 saturated carbocycles. The van der Waals surface area contributed by atoms with Gasteiger partial charge in [0.15, 0.2) is 4.96 Å². The molecule has 0 saturated heterocycles. The van der Waals surface area contributed by atoms with E-state index >= 15 is 0 Å². The lowest BCUT2D eigenvalue weighted by molar-refractivity contribution is 0.0697. The standard InChI is InChI=1S/C23H17N3O3S/c1-13-10-18-19(11-14(13)2)26-21(27)20(30-23(26)24-18)12-17-4-3-9-25(17)16-7-5-15(6-8-16)22(28)29/h3-12H,1-2H3,(H,28,29)/b20-12-. The summed E-state index contributed by atoms with van der Waals surface area (Å²) in [7, 11) is 0. The van der Waals surface area contributed by atoms with Crippen molar-refractivity contribution in [3.63, 3.8) is 0 Å². The Morgan fingerprint density at radius 1 is 1.10 bits per heavy atom. The number of imidazole rings is 1. The molecule has 1 N–H and O–H groups in total. The maximum Gasteiger partial charge on any atom is 0.335 e. The molecular weight excluding hydrogens is 398 g/mol. The Bertz CT molecular complexity index is 1560. The lowest BCUT2D eigenvalue weighted by Crippen LogP contribution is -2.23. The largest absolute Gasteiger partial charge is 0.478 e. The fourth-order valence-corrected chi connectivity index (χ4v) is 4.54. The van der Waals surface area contributed by atoms with Crippen molar-refractivity contribution in [2.24, 2.45) is 0 Å². The lowest BCUT2D eigenvalue weighted by atomic mass is 10.1. The zero-order chi connectivity index (χ0) is 21.0. The highest BCUT2D eigenvalue weighted by Gasteiger charge is 2.13. The molecule has 5 rings (SSSR count). The van der Waals surface area contributed by atoms with Crippen LogP contribution >= 0.6 is 11.3 Å². The maximum atomic E-state index is 13.1. The predicted molar refractivity (Wildman–Crippen MR) is 118 cm³/mol. The molecule has 6 nitrogen and oxygen atoms in total. The van der Waals surface area contributed by atoms with Crippen molar-refractivity contribution >= 4 is 39.4 Å². The second-order valence-corrected chi connectivity index (χ2v) is 8.23. The molecule has 0 amide bonds. The minimum atomic E-state index is -0.962. The number of aryl methyl sites for hydroxylation is 2. The van der Waals surface area contributed by atoms with Crippen molar-refractivity contribution in [1.29, 1.82) is 0 Å². The predicted octanol–water partition coefficient (Wildman–Crippen LogP) is 3.56. The molecule has 3 heterocycles. The number of aromatic carboxylic acids is 1. The average Bonchev–Trinajstić information content (AvgIpc) is 3.39. The van der Waals surface area contributed by atoms with Crippen LogP contribution in [0.15, 0.2) is 59.5 Å². The average molecular weight is 415 g/mol. The number of thiazole rings is 1. The first-order chi connectivity index (χ1) is 14.4. The van der Waals surface area contributed by atoms with Crippen LogP contribution in [0.3, 0.4) is 0 Å². The molecule has 148 valence electrons. The van der Waals surface area contributed by atoms with E-state index in [-0.39, 0.29) is 11.1 Å². The zero-order valence-corrected chi connectivity index (χ0v) is 17.1. The van der Waals surface area contributed by atoms with Crippen LogP contribution in [0.25, 0.3) is 27.8 Å². The van der Waals surface area contributed by atoms with E-state index in [2.05, 4.69) is 4.98 Å². The second kappa shape index (κ2) is 6.67. The second-order valence-electron chi connectivity index (χ2n) is 7.23. The Morgan fingerprint density at radius 3 is 2.57 bits per heavy atom. The van der Waals surface area contributed by atoms with Gasteiger partial charge in [-0.15, -0.1) is 0 Å². The van der Waals surface area contributed by atoms with Gasteiger partial charge in [-0.2, -0.15) is 0 Å². The van der Waals surface area contributed by atoms with Crippen LogP contribution in [0.1, 0.15) is 27.2 Å². The summed E-state index contributed by atoms with van der Waals surface area (Å²) in [5.74, 6) is -0.962. The summed E-state index contributed by atoms with van der Waals surface area (Å²) < 4.78 is 4.19. The van der Waals surface area contributed by atoms with Crippen molar-refractivity contribution in [3.05, 3.63) is 92.0 Å². The molecule has 0 radical (unpaired) electrons. The van der Waals surface area contributed by atoms with E-state index in [1.807, 2.05) is 55.0 Å². The van der Waals surface area contributed by atoms with Gasteiger partial charge in [0.1, 0.15) is 0 Å². The molecular formula is C23H17N3O3S. The normalized spacial score (nSPS) is 12.3. The van der Waals surface area contributed by atoms with Gasteiger partial charge < -0.3 is 9.67 Å². The Labute approximate surface area is 175 Å². The lowest BCUT2D eigenvalue weighted by Gasteiger charge is -2.06. The Balaban J connectivity index is 1.65. The number of rotatable bonds is 3. The fourth-order valence-electron chi connectivity index (χ4n) is 3.56. The topological polar surface area (TPSA) is 76.6 Å². The molecule has 0 aliphatic carbocycles. The van der Waals surface area contributed by atoms with Gasteiger partial charge in [0, 0.05) is 17.6 Å². The summed E-state index contributed by atoms with van der Waals surface area (Å²) in [5.41, 5.74) is 5.73. The molecule has 0 aliphatic rings. The van der Waals surface area contributed by atoms with Crippen molar-refractivity contribution < 1.29 is 9.90 Å². The number of fused-ring (bicyclic) bond motifs is 3. The van der Waals surface area contributed by atoms with Gasteiger partial charge in [-0.3, -0.25) is 4.79 Å².